The van der Waals surface area contributed by atoms with E-state index in [0.717, 1.165) is 15.7 Å². The van der Waals surface area contributed by atoms with Crippen molar-refractivity contribution in [2.45, 2.75) is 37.2 Å². The number of anilines is 1. The number of aliphatic hydroxyl groups is 1. The Morgan fingerprint density at radius 1 is 1.13 bits per heavy atom. The molecule has 0 radical (unpaired) electrons. The molecule has 120 valence electrons. The van der Waals surface area contributed by atoms with E-state index in [4.69, 9.17) is 0 Å². The zero-order chi connectivity index (χ0) is 16.3. The topological polar surface area (TPSA) is 45.1 Å². The van der Waals surface area contributed by atoms with Crippen LogP contribution in [0.2, 0.25) is 0 Å². The van der Waals surface area contributed by atoms with Crippen LogP contribution in [0.3, 0.4) is 0 Å². The van der Waals surface area contributed by atoms with Crippen LogP contribution < -0.4 is 4.72 Å². The van der Waals surface area contributed by atoms with Crippen molar-refractivity contribution in [2.24, 2.45) is 0 Å². The monoisotopic (exact) mass is 344 g/mol. The zero-order valence-corrected chi connectivity index (χ0v) is 14.9. The second-order valence-electron chi connectivity index (χ2n) is 5.49. The Labute approximate surface area is 144 Å². The van der Waals surface area contributed by atoms with Gasteiger partial charge in [0.15, 0.2) is 5.13 Å². The van der Waals surface area contributed by atoms with E-state index in [-0.39, 0.29) is 0 Å². The van der Waals surface area contributed by atoms with E-state index in [0.29, 0.717) is 12.8 Å². The first-order valence-electron chi connectivity index (χ1n) is 7.74. The van der Waals surface area contributed by atoms with Crippen LogP contribution in [-0.4, -0.2) is 10.1 Å². The van der Waals surface area contributed by atoms with Gasteiger partial charge in [-0.3, -0.25) is 0 Å². The molecule has 5 heteroatoms. The summed E-state index contributed by atoms with van der Waals surface area (Å²) in [5, 5.41) is 15.8. The van der Waals surface area contributed by atoms with Gasteiger partial charge in [-0.05, 0) is 47.7 Å². The second kappa shape index (κ2) is 6.91. The normalized spacial score (nSPS) is 11.8. The fraction of sp³-hybridized carbons (Fsp3) is 0.278. The lowest BCUT2D eigenvalue weighted by Crippen LogP contribution is -2.23. The fourth-order valence-corrected chi connectivity index (χ4v) is 4.02. The molecule has 1 aromatic heterocycles. The molecule has 0 saturated carbocycles. The summed E-state index contributed by atoms with van der Waals surface area (Å²) >= 11 is 3.07. The lowest BCUT2D eigenvalue weighted by molar-refractivity contribution is 0.0247. The summed E-state index contributed by atoms with van der Waals surface area (Å²) in [7, 11) is 0. The summed E-state index contributed by atoms with van der Waals surface area (Å²) in [6, 6.07) is 14.7. The van der Waals surface area contributed by atoms with Crippen molar-refractivity contribution in [3.05, 3.63) is 53.5 Å². The molecule has 2 N–H and O–H groups in total. The largest absolute Gasteiger partial charge is 0.384 e. The lowest BCUT2D eigenvalue weighted by atomic mass is 9.94. The molecular formula is C18H20N2OS2. The summed E-state index contributed by atoms with van der Waals surface area (Å²) in [5.74, 6) is 0. The molecule has 0 saturated heterocycles. The summed E-state index contributed by atoms with van der Waals surface area (Å²) < 4.78 is 3.28. The highest BCUT2D eigenvalue weighted by Gasteiger charge is 2.27. The average Bonchev–Trinajstić information content (AvgIpc) is 3.08. The Morgan fingerprint density at radius 3 is 2.61 bits per heavy atom. The molecular weight excluding hydrogens is 324 g/mol. The summed E-state index contributed by atoms with van der Waals surface area (Å²) in [4.78, 5) is 5.68. The van der Waals surface area contributed by atoms with Gasteiger partial charge in [-0.1, -0.05) is 44.2 Å². The van der Waals surface area contributed by atoms with E-state index < -0.39 is 5.60 Å². The third-order valence-corrected chi connectivity index (χ3v) is 5.80. The fourth-order valence-electron chi connectivity index (χ4n) is 2.48. The molecule has 0 aliphatic heterocycles. The van der Waals surface area contributed by atoms with Crippen LogP contribution >= 0.6 is 23.3 Å². The maximum absolute atomic E-state index is 10.5. The molecule has 2 aromatic carbocycles. The molecule has 1 heterocycles. The number of aromatic nitrogens is 1. The third kappa shape index (κ3) is 3.52. The van der Waals surface area contributed by atoms with Gasteiger partial charge >= 0.3 is 0 Å². The first-order chi connectivity index (χ1) is 11.1. The van der Waals surface area contributed by atoms with Gasteiger partial charge in [0, 0.05) is 10.3 Å². The quantitative estimate of drug-likeness (QED) is 0.586. The number of hydrogen-bond acceptors (Lipinski definition) is 5. The predicted octanol–water partition coefficient (Wildman–Crippen LogP) is 5.42. The second-order valence-corrected chi connectivity index (χ2v) is 7.23. The highest BCUT2D eigenvalue weighted by molar-refractivity contribution is 8.00. The van der Waals surface area contributed by atoms with Crippen molar-refractivity contribution in [3.63, 3.8) is 0 Å². The van der Waals surface area contributed by atoms with Crippen molar-refractivity contribution >= 4 is 39.2 Å². The molecule has 3 nitrogen and oxygen atoms in total. The van der Waals surface area contributed by atoms with Crippen LogP contribution in [0.5, 0.6) is 0 Å². The molecule has 0 unspecified atom stereocenters. The Kier molecular flexibility index (Phi) is 4.90. The van der Waals surface area contributed by atoms with Gasteiger partial charge in [0.05, 0.1) is 5.69 Å². The molecule has 0 spiro atoms. The lowest BCUT2D eigenvalue weighted by Gasteiger charge is -2.22. The predicted molar refractivity (Wildman–Crippen MR) is 100 cm³/mol. The van der Waals surface area contributed by atoms with Crippen LogP contribution in [0.1, 0.15) is 32.4 Å². The number of thiazole rings is 1. The number of nitrogens with zero attached hydrogens (tertiary/aromatic N) is 1. The SMILES string of the molecule is CCC(O)(CC)c1csc(NSc2ccc3ccccc3c2)n1. The van der Waals surface area contributed by atoms with Crippen molar-refractivity contribution in [1.29, 1.82) is 0 Å². The number of rotatable bonds is 6. The van der Waals surface area contributed by atoms with Gasteiger partial charge in [-0.25, -0.2) is 4.98 Å². The van der Waals surface area contributed by atoms with Crippen LogP contribution in [0.15, 0.2) is 52.7 Å². The molecule has 0 atom stereocenters. The van der Waals surface area contributed by atoms with Gasteiger partial charge in [0.2, 0.25) is 0 Å². The van der Waals surface area contributed by atoms with Crippen LogP contribution in [0.25, 0.3) is 10.8 Å². The van der Waals surface area contributed by atoms with Crippen molar-refractivity contribution in [1.82, 2.24) is 4.98 Å². The van der Waals surface area contributed by atoms with E-state index in [1.807, 2.05) is 31.4 Å². The Balaban J connectivity index is 1.71. The third-order valence-electron chi connectivity index (χ3n) is 4.13. The minimum absolute atomic E-state index is 0.671. The summed E-state index contributed by atoms with van der Waals surface area (Å²) in [5.41, 5.74) is -0.0570. The van der Waals surface area contributed by atoms with Crippen molar-refractivity contribution in [2.75, 3.05) is 4.72 Å². The molecule has 3 aromatic rings. The minimum Gasteiger partial charge on any atom is -0.384 e. The zero-order valence-electron chi connectivity index (χ0n) is 13.2. The summed E-state index contributed by atoms with van der Waals surface area (Å²) in [6.45, 7) is 3.97. The van der Waals surface area contributed by atoms with Gasteiger partial charge < -0.3 is 9.83 Å². The highest BCUT2D eigenvalue weighted by Crippen LogP contribution is 2.33. The molecule has 0 aliphatic rings. The molecule has 0 amide bonds. The first kappa shape index (κ1) is 16.3. The standard InChI is InChI=1S/C18H20N2OS2/c1-3-18(21,4-2)16-12-22-17(19-16)20-23-15-10-9-13-7-5-6-8-14(13)11-15/h5-12,21H,3-4H2,1-2H3,(H,19,20). The van der Waals surface area contributed by atoms with Gasteiger partial charge in [-0.15, -0.1) is 11.3 Å². The molecule has 23 heavy (non-hydrogen) atoms. The number of benzene rings is 2. The maximum atomic E-state index is 10.5. The van der Waals surface area contributed by atoms with E-state index in [1.165, 1.54) is 22.1 Å². The van der Waals surface area contributed by atoms with Crippen LogP contribution in [0.4, 0.5) is 5.13 Å². The Hall–Kier alpha value is -1.56. The molecule has 0 fully saturated rings. The minimum atomic E-state index is -0.815. The number of fused-ring (bicyclic) bond motifs is 1. The van der Waals surface area contributed by atoms with Gasteiger partial charge in [0.25, 0.3) is 0 Å². The van der Waals surface area contributed by atoms with E-state index in [2.05, 4.69) is 40.0 Å². The van der Waals surface area contributed by atoms with E-state index >= 15 is 0 Å². The molecule has 3 rings (SSSR count). The highest BCUT2D eigenvalue weighted by atomic mass is 32.2. The Morgan fingerprint density at radius 2 is 1.87 bits per heavy atom. The van der Waals surface area contributed by atoms with E-state index in [9.17, 15) is 5.11 Å². The average molecular weight is 345 g/mol. The van der Waals surface area contributed by atoms with Gasteiger partial charge in [0.1, 0.15) is 5.60 Å². The Bertz CT molecular complexity index is 796. The van der Waals surface area contributed by atoms with Gasteiger partial charge in [-0.2, -0.15) is 0 Å². The number of nitrogens with one attached hydrogen (secondary N) is 1. The first-order valence-corrected chi connectivity index (χ1v) is 9.44. The van der Waals surface area contributed by atoms with Crippen LogP contribution in [-0.2, 0) is 5.60 Å². The molecule has 0 aliphatic carbocycles. The van der Waals surface area contributed by atoms with Crippen molar-refractivity contribution in [3.8, 4) is 0 Å². The smallest absolute Gasteiger partial charge is 0.193 e. The molecule has 0 bridgehead atoms. The maximum Gasteiger partial charge on any atom is 0.193 e. The number of hydrogen-bond donors (Lipinski definition) is 2. The van der Waals surface area contributed by atoms with Crippen molar-refractivity contribution < 1.29 is 5.11 Å². The van der Waals surface area contributed by atoms with E-state index in [1.54, 1.807) is 11.9 Å². The van der Waals surface area contributed by atoms with Crippen LogP contribution in [0, 0.1) is 0 Å². The summed E-state index contributed by atoms with van der Waals surface area (Å²) in [6.07, 6.45) is 1.34.